The van der Waals surface area contributed by atoms with E-state index >= 15 is 0 Å². The van der Waals surface area contributed by atoms with Crippen LogP contribution in [0.3, 0.4) is 0 Å². The van der Waals surface area contributed by atoms with E-state index in [0.717, 1.165) is 32.4 Å². The highest BCUT2D eigenvalue weighted by atomic mass is 16.5. The summed E-state index contributed by atoms with van der Waals surface area (Å²) in [5.41, 5.74) is 1.69. The Kier molecular flexibility index (Phi) is 5.95. The van der Waals surface area contributed by atoms with Crippen LogP contribution in [-0.4, -0.2) is 36.0 Å². The highest BCUT2D eigenvalue weighted by molar-refractivity contribution is 6.06. The molecule has 0 radical (unpaired) electrons. The lowest BCUT2D eigenvalue weighted by atomic mass is 9.90. The summed E-state index contributed by atoms with van der Waals surface area (Å²) in [6.07, 6.45) is 6.77. The van der Waals surface area contributed by atoms with Crippen molar-refractivity contribution in [3.8, 4) is 11.5 Å². The maximum absolute atomic E-state index is 12.3. The quantitative estimate of drug-likeness (QED) is 0.630. The number of piperidine rings is 1. The second-order valence-corrected chi connectivity index (χ2v) is 6.73. The van der Waals surface area contributed by atoms with Gasteiger partial charge in [-0.3, -0.25) is 4.79 Å². The number of methoxy groups -OCH3 is 1. The van der Waals surface area contributed by atoms with Gasteiger partial charge in [-0.1, -0.05) is 30.3 Å². The second kappa shape index (κ2) is 8.56. The van der Waals surface area contributed by atoms with Crippen LogP contribution in [0.4, 0.5) is 0 Å². The Morgan fingerprint density at radius 2 is 1.92 bits per heavy atom. The van der Waals surface area contributed by atoms with Gasteiger partial charge in [0.25, 0.3) is 0 Å². The van der Waals surface area contributed by atoms with Gasteiger partial charge in [0.2, 0.25) is 0 Å². The summed E-state index contributed by atoms with van der Waals surface area (Å²) in [6, 6.07) is 15.3. The number of likely N-dealkylation sites (tertiary alicyclic amines) is 1. The van der Waals surface area contributed by atoms with Crippen molar-refractivity contribution in [2.75, 3.05) is 20.2 Å². The maximum atomic E-state index is 12.3. The summed E-state index contributed by atoms with van der Waals surface area (Å²) in [6.45, 7) is 1.91. The zero-order valence-electron chi connectivity index (χ0n) is 15.1. The van der Waals surface area contributed by atoms with Crippen LogP contribution in [-0.2, 0) is 6.42 Å². The van der Waals surface area contributed by atoms with E-state index in [0.29, 0.717) is 17.2 Å². The van der Waals surface area contributed by atoms with Gasteiger partial charge >= 0.3 is 0 Å². The van der Waals surface area contributed by atoms with Crippen LogP contribution in [0.5, 0.6) is 11.5 Å². The van der Waals surface area contributed by atoms with Crippen LogP contribution in [0.2, 0.25) is 0 Å². The fourth-order valence-corrected chi connectivity index (χ4v) is 3.36. The summed E-state index contributed by atoms with van der Waals surface area (Å²) in [4.78, 5) is 14.5. The number of phenols is 1. The standard InChI is InChI=1S/C22H25NO3/c1-26-19-7-8-20(22(25)16-19)21(24)11-14-23-12-9-18(10-13-23)15-17-5-3-2-4-6-17/h2-8,11,14,16,18,25H,9-10,12-13,15H2,1H3/b14-11+. The first kappa shape index (κ1) is 18.1. The van der Waals surface area contributed by atoms with E-state index in [2.05, 4.69) is 35.2 Å². The summed E-state index contributed by atoms with van der Waals surface area (Å²) in [5.74, 6) is 0.976. The topological polar surface area (TPSA) is 49.8 Å². The van der Waals surface area contributed by atoms with E-state index < -0.39 is 0 Å². The Bertz CT molecular complexity index is 762. The van der Waals surface area contributed by atoms with Crippen molar-refractivity contribution in [1.82, 2.24) is 4.90 Å². The third kappa shape index (κ3) is 4.66. The minimum absolute atomic E-state index is 0.0550. The number of ether oxygens (including phenoxy) is 1. The number of nitrogens with zero attached hydrogens (tertiary/aromatic N) is 1. The number of hydrogen-bond acceptors (Lipinski definition) is 4. The van der Waals surface area contributed by atoms with Crippen LogP contribution in [0.1, 0.15) is 28.8 Å². The molecular formula is C22H25NO3. The molecule has 1 fully saturated rings. The van der Waals surface area contributed by atoms with Crippen molar-refractivity contribution in [3.63, 3.8) is 0 Å². The average molecular weight is 351 g/mol. The SMILES string of the molecule is COc1ccc(C(=O)/C=C/N2CCC(Cc3ccccc3)CC2)c(O)c1. The Morgan fingerprint density at radius 1 is 1.19 bits per heavy atom. The number of rotatable bonds is 6. The molecule has 1 saturated heterocycles. The predicted octanol–water partition coefficient (Wildman–Crippen LogP) is 4.05. The van der Waals surface area contributed by atoms with Crippen LogP contribution in [0.15, 0.2) is 60.8 Å². The molecule has 0 atom stereocenters. The third-order valence-electron chi connectivity index (χ3n) is 4.92. The van der Waals surface area contributed by atoms with Crippen molar-refractivity contribution in [1.29, 1.82) is 0 Å². The molecule has 2 aromatic carbocycles. The lowest BCUT2D eigenvalue weighted by molar-refractivity contribution is 0.104. The fraction of sp³-hybridized carbons (Fsp3) is 0.318. The molecule has 3 rings (SSSR count). The fourth-order valence-electron chi connectivity index (χ4n) is 3.36. The average Bonchev–Trinajstić information content (AvgIpc) is 2.68. The van der Waals surface area contributed by atoms with Crippen LogP contribution in [0.25, 0.3) is 0 Å². The monoisotopic (exact) mass is 351 g/mol. The smallest absolute Gasteiger partial charge is 0.190 e. The number of phenolic OH excluding ortho intramolecular Hbond substituents is 1. The van der Waals surface area contributed by atoms with Crippen LogP contribution < -0.4 is 4.74 Å². The van der Waals surface area contributed by atoms with Crippen molar-refractivity contribution in [2.24, 2.45) is 5.92 Å². The molecule has 4 nitrogen and oxygen atoms in total. The largest absolute Gasteiger partial charge is 0.507 e. The minimum atomic E-state index is -0.198. The number of carbonyl (C=O) groups excluding carboxylic acids is 1. The molecule has 0 aliphatic carbocycles. The molecule has 26 heavy (non-hydrogen) atoms. The van der Waals surface area contributed by atoms with E-state index in [4.69, 9.17) is 4.74 Å². The Labute approximate surface area is 154 Å². The van der Waals surface area contributed by atoms with Gasteiger partial charge in [0.1, 0.15) is 11.5 Å². The van der Waals surface area contributed by atoms with Crippen molar-refractivity contribution in [2.45, 2.75) is 19.3 Å². The molecule has 0 aromatic heterocycles. The van der Waals surface area contributed by atoms with Crippen molar-refractivity contribution < 1.29 is 14.6 Å². The Morgan fingerprint density at radius 3 is 2.58 bits per heavy atom. The first-order valence-electron chi connectivity index (χ1n) is 9.03. The van der Waals surface area contributed by atoms with Gasteiger partial charge in [-0.2, -0.15) is 0 Å². The molecule has 0 saturated carbocycles. The molecule has 0 amide bonds. The number of benzene rings is 2. The first-order valence-corrected chi connectivity index (χ1v) is 9.03. The highest BCUT2D eigenvalue weighted by Crippen LogP contribution is 2.25. The number of hydrogen-bond donors (Lipinski definition) is 1. The van der Waals surface area contributed by atoms with Gasteiger partial charge in [-0.05, 0) is 42.9 Å². The molecule has 1 heterocycles. The summed E-state index contributed by atoms with van der Waals surface area (Å²) in [5, 5.41) is 9.96. The van der Waals surface area contributed by atoms with E-state index in [1.54, 1.807) is 18.2 Å². The molecule has 1 N–H and O–H groups in total. The van der Waals surface area contributed by atoms with Crippen molar-refractivity contribution in [3.05, 3.63) is 71.9 Å². The van der Waals surface area contributed by atoms with E-state index in [1.807, 2.05) is 6.20 Å². The number of carbonyl (C=O) groups is 1. The van der Waals surface area contributed by atoms with E-state index in [-0.39, 0.29) is 11.5 Å². The first-order chi connectivity index (χ1) is 12.7. The maximum Gasteiger partial charge on any atom is 0.190 e. The van der Waals surface area contributed by atoms with Gasteiger partial charge in [0.05, 0.1) is 12.7 Å². The normalized spacial score (nSPS) is 15.3. The predicted molar refractivity (Wildman–Crippen MR) is 103 cm³/mol. The molecule has 0 bridgehead atoms. The van der Waals surface area contributed by atoms with Crippen LogP contribution in [0, 0.1) is 5.92 Å². The Balaban J connectivity index is 1.51. The molecule has 0 spiro atoms. The zero-order chi connectivity index (χ0) is 18.4. The van der Waals surface area contributed by atoms with E-state index in [1.165, 1.54) is 18.7 Å². The van der Waals surface area contributed by atoms with Gasteiger partial charge in [0, 0.05) is 31.4 Å². The van der Waals surface area contributed by atoms with Gasteiger partial charge in [-0.25, -0.2) is 0 Å². The van der Waals surface area contributed by atoms with E-state index in [9.17, 15) is 9.90 Å². The zero-order valence-corrected chi connectivity index (χ0v) is 15.1. The lowest BCUT2D eigenvalue weighted by Gasteiger charge is -2.31. The minimum Gasteiger partial charge on any atom is -0.507 e. The third-order valence-corrected chi connectivity index (χ3v) is 4.92. The summed E-state index contributed by atoms with van der Waals surface area (Å²) < 4.78 is 5.04. The lowest BCUT2D eigenvalue weighted by Crippen LogP contribution is -2.30. The number of aromatic hydroxyl groups is 1. The molecular weight excluding hydrogens is 326 g/mol. The highest BCUT2D eigenvalue weighted by Gasteiger charge is 2.18. The Hall–Kier alpha value is -2.75. The van der Waals surface area contributed by atoms with Gasteiger partial charge < -0.3 is 14.7 Å². The number of allylic oxidation sites excluding steroid dienone is 1. The van der Waals surface area contributed by atoms with Crippen LogP contribution >= 0.6 is 0 Å². The molecule has 136 valence electrons. The molecule has 0 unspecified atom stereocenters. The van der Waals surface area contributed by atoms with Crippen molar-refractivity contribution >= 4 is 5.78 Å². The molecule has 1 aliphatic rings. The van der Waals surface area contributed by atoms with Gasteiger partial charge in [-0.15, -0.1) is 0 Å². The molecule has 1 aliphatic heterocycles. The van der Waals surface area contributed by atoms with Gasteiger partial charge in [0.15, 0.2) is 5.78 Å². The number of ketones is 1. The molecule has 2 aromatic rings. The second-order valence-electron chi connectivity index (χ2n) is 6.73. The summed E-state index contributed by atoms with van der Waals surface area (Å²) >= 11 is 0. The molecule has 4 heteroatoms. The summed E-state index contributed by atoms with van der Waals surface area (Å²) in [7, 11) is 1.53.